The van der Waals surface area contributed by atoms with Gasteiger partial charge in [-0.1, -0.05) is 12.1 Å². The second-order valence-corrected chi connectivity index (χ2v) is 7.02. The molecule has 1 aliphatic heterocycles. The van der Waals surface area contributed by atoms with E-state index in [-0.39, 0.29) is 4.90 Å². The predicted molar refractivity (Wildman–Crippen MR) is 74.4 cm³/mol. The van der Waals surface area contributed by atoms with Crippen LogP contribution in [0.1, 0.15) is 27.7 Å². The largest absolute Gasteiger partial charge is 0.496 e. The average Bonchev–Trinajstić information content (AvgIpc) is 2.47. The van der Waals surface area contributed by atoms with Gasteiger partial charge in [0.25, 0.3) is 0 Å². The summed E-state index contributed by atoms with van der Waals surface area (Å²) in [6, 6.07) is 4.57. The number of rotatable bonds is 2. The highest BCUT2D eigenvalue weighted by atomic mass is 32.2. The second kappa shape index (κ2) is 4.68. The van der Waals surface area contributed by atoms with E-state index in [2.05, 4.69) is 0 Å². The zero-order valence-corrected chi connectivity index (χ0v) is 12.6. The van der Waals surface area contributed by atoms with E-state index >= 15 is 0 Å². The quantitative estimate of drug-likeness (QED) is 0.778. The Morgan fingerprint density at radius 2 is 1.68 bits per heavy atom. The molecule has 0 aromatic heterocycles. The topological polar surface area (TPSA) is 35.5 Å². The lowest BCUT2D eigenvalue weighted by Gasteiger charge is -2.32. The summed E-state index contributed by atoms with van der Waals surface area (Å²) in [5.74, 6) is -0.493. The zero-order valence-electron chi connectivity index (χ0n) is 11.8. The smallest absolute Gasteiger partial charge is 0.399 e. The van der Waals surface area contributed by atoms with E-state index < -0.39 is 34.9 Å². The molecule has 0 bridgehead atoms. The van der Waals surface area contributed by atoms with Crippen LogP contribution in [-0.2, 0) is 20.1 Å². The van der Waals surface area contributed by atoms with Gasteiger partial charge < -0.3 is 9.31 Å². The standard InChI is InChI=1S/C13H18BFO3S/c1-12(2)13(3,4)18-14(17-12)9-7-6-8-10(15)11(9)19(5)16/h6-8H,1-5H3. The van der Waals surface area contributed by atoms with Crippen LogP contribution in [0, 0.1) is 5.82 Å². The summed E-state index contributed by atoms with van der Waals surface area (Å²) in [5, 5.41) is 0. The summed E-state index contributed by atoms with van der Waals surface area (Å²) in [6.07, 6.45) is 1.45. The van der Waals surface area contributed by atoms with Gasteiger partial charge in [-0.3, -0.25) is 4.21 Å². The molecule has 1 heterocycles. The molecule has 0 saturated carbocycles. The van der Waals surface area contributed by atoms with Crippen LogP contribution >= 0.6 is 0 Å². The Morgan fingerprint density at radius 1 is 1.16 bits per heavy atom. The molecular formula is C13H18BFO3S. The minimum Gasteiger partial charge on any atom is -0.399 e. The molecule has 6 heteroatoms. The summed E-state index contributed by atoms with van der Waals surface area (Å²) in [5.41, 5.74) is -0.507. The van der Waals surface area contributed by atoms with Crippen molar-refractivity contribution in [3.63, 3.8) is 0 Å². The molecule has 0 spiro atoms. The van der Waals surface area contributed by atoms with E-state index in [1.165, 1.54) is 12.3 Å². The van der Waals surface area contributed by atoms with E-state index in [0.29, 0.717) is 5.46 Å². The minimum atomic E-state index is -1.43. The van der Waals surface area contributed by atoms with Gasteiger partial charge in [0, 0.05) is 11.7 Å². The van der Waals surface area contributed by atoms with Crippen LogP contribution < -0.4 is 5.46 Å². The van der Waals surface area contributed by atoms with Crippen molar-refractivity contribution in [2.45, 2.75) is 43.8 Å². The van der Waals surface area contributed by atoms with Gasteiger partial charge in [-0.05, 0) is 33.8 Å². The summed E-state index contributed by atoms with van der Waals surface area (Å²) < 4.78 is 37.3. The molecule has 1 aliphatic rings. The fourth-order valence-corrected chi connectivity index (χ4v) is 2.82. The number of halogens is 1. The molecule has 1 atom stereocenters. The normalized spacial score (nSPS) is 22.5. The van der Waals surface area contributed by atoms with Gasteiger partial charge in [0.1, 0.15) is 5.82 Å². The number of hydrogen-bond acceptors (Lipinski definition) is 3. The zero-order chi connectivity index (χ0) is 14.4. The van der Waals surface area contributed by atoms with Crippen molar-refractivity contribution in [2.24, 2.45) is 0 Å². The molecule has 2 rings (SSSR count). The third-order valence-electron chi connectivity index (χ3n) is 3.79. The highest BCUT2D eigenvalue weighted by Gasteiger charge is 2.52. The van der Waals surface area contributed by atoms with Crippen molar-refractivity contribution in [3.8, 4) is 0 Å². The maximum absolute atomic E-state index is 13.8. The van der Waals surface area contributed by atoms with Crippen molar-refractivity contribution < 1.29 is 17.9 Å². The fourth-order valence-electron chi connectivity index (χ4n) is 1.98. The highest BCUT2D eigenvalue weighted by molar-refractivity contribution is 7.84. The maximum atomic E-state index is 13.8. The van der Waals surface area contributed by atoms with Crippen molar-refractivity contribution in [3.05, 3.63) is 24.0 Å². The molecule has 0 amide bonds. The number of benzene rings is 1. The first-order valence-corrected chi connectivity index (χ1v) is 7.69. The fraction of sp³-hybridized carbons (Fsp3) is 0.538. The van der Waals surface area contributed by atoms with Crippen LogP contribution in [-0.4, -0.2) is 28.8 Å². The summed E-state index contributed by atoms with van der Waals surface area (Å²) in [7, 11) is -2.13. The summed E-state index contributed by atoms with van der Waals surface area (Å²) in [4.78, 5) is 0.154. The highest BCUT2D eigenvalue weighted by Crippen LogP contribution is 2.36. The Bertz CT molecular complexity index is 515. The van der Waals surface area contributed by atoms with E-state index in [4.69, 9.17) is 9.31 Å². The molecule has 1 saturated heterocycles. The van der Waals surface area contributed by atoms with Crippen LogP contribution in [0.4, 0.5) is 4.39 Å². The maximum Gasteiger partial charge on any atom is 0.496 e. The number of hydrogen-bond donors (Lipinski definition) is 0. The van der Waals surface area contributed by atoms with Gasteiger partial charge >= 0.3 is 7.12 Å². The van der Waals surface area contributed by atoms with E-state index in [0.717, 1.165) is 0 Å². The Labute approximate surface area is 116 Å². The average molecular weight is 284 g/mol. The first-order valence-electron chi connectivity index (χ1n) is 6.13. The van der Waals surface area contributed by atoms with Crippen molar-refractivity contribution >= 4 is 23.4 Å². The third kappa shape index (κ3) is 2.49. The van der Waals surface area contributed by atoms with Gasteiger partial charge in [-0.15, -0.1) is 0 Å². The lowest BCUT2D eigenvalue weighted by molar-refractivity contribution is 0.00578. The summed E-state index contributed by atoms with van der Waals surface area (Å²) in [6.45, 7) is 7.70. The van der Waals surface area contributed by atoms with Crippen molar-refractivity contribution in [1.82, 2.24) is 0 Å². The first-order chi connectivity index (χ1) is 8.66. The Hall–Kier alpha value is -0.715. The van der Waals surface area contributed by atoms with Crippen LogP contribution in [0.5, 0.6) is 0 Å². The molecule has 1 fully saturated rings. The van der Waals surface area contributed by atoms with Gasteiger partial charge in [0.05, 0.1) is 26.9 Å². The Morgan fingerprint density at radius 3 is 2.16 bits per heavy atom. The lowest BCUT2D eigenvalue weighted by atomic mass is 9.79. The van der Waals surface area contributed by atoms with Crippen LogP contribution in [0.15, 0.2) is 23.1 Å². The second-order valence-electron chi connectivity index (χ2n) is 5.70. The van der Waals surface area contributed by atoms with Crippen molar-refractivity contribution in [1.29, 1.82) is 0 Å². The predicted octanol–water partition coefficient (Wildman–Crippen LogP) is 1.86. The van der Waals surface area contributed by atoms with Gasteiger partial charge in [-0.25, -0.2) is 4.39 Å². The lowest BCUT2D eigenvalue weighted by Crippen LogP contribution is -2.41. The van der Waals surface area contributed by atoms with E-state index in [9.17, 15) is 8.60 Å². The summed E-state index contributed by atoms with van der Waals surface area (Å²) >= 11 is 0. The monoisotopic (exact) mass is 284 g/mol. The van der Waals surface area contributed by atoms with Crippen molar-refractivity contribution in [2.75, 3.05) is 6.26 Å². The first kappa shape index (κ1) is 14.7. The molecule has 19 heavy (non-hydrogen) atoms. The molecule has 0 aliphatic carbocycles. The molecule has 0 N–H and O–H groups in total. The van der Waals surface area contributed by atoms with Crippen LogP contribution in [0.25, 0.3) is 0 Å². The molecule has 1 unspecified atom stereocenters. The molecule has 1 aromatic carbocycles. The molecule has 104 valence electrons. The molecule has 0 radical (unpaired) electrons. The Balaban J connectivity index is 2.46. The van der Waals surface area contributed by atoms with Crippen LogP contribution in [0.2, 0.25) is 0 Å². The SMILES string of the molecule is CS(=O)c1c(F)cccc1B1OC(C)(C)C(C)(C)O1. The molecule has 1 aromatic rings. The minimum absolute atomic E-state index is 0.154. The van der Waals surface area contributed by atoms with E-state index in [1.807, 2.05) is 27.7 Å². The molecular weight excluding hydrogens is 266 g/mol. The molecule has 3 nitrogen and oxygen atoms in total. The van der Waals surface area contributed by atoms with Gasteiger partial charge in [0.15, 0.2) is 0 Å². The van der Waals surface area contributed by atoms with Crippen LogP contribution in [0.3, 0.4) is 0 Å². The Kier molecular flexibility index (Phi) is 3.62. The van der Waals surface area contributed by atoms with Gasteiger partial charge in [0.2, 0.25) is 0 Å². The van der Waals surface area contributed by atoms with Gasteiger partial charge in [-0.2, -0.15) is 0 Å². The third-order valence-corrected chi connectivity index (χ3v) is 4.80. The van der Waals surface area contributed by atoms with E-state index in [1.54, 1.807) is 12.1 Å².